The molecule has 2 N–H and O–H groups in total. The van der Waals surface area contributed by atoms with Crippen LogP contribution >= 0.6 is 0 Å². The van der Waals surface area contributed by atoms with Crippen LogP contribution < -0.4 is 5.73 Å². The Bertz CT molecular complexity index is 284. The van der Waals surface area contributed by atoms with E-state index in [0.717, 1.165) is 38.4 Å². The highest BCUT2D eigenvalue weighted by Gasteiger charge is 1.99. The van der Waals surface area contributed by atoms with Crippen molar-refractivity contribution in [1.29, 1.82) is 0 Å². The van der Waals surface area contributed by atoms with Crippen LogP contribution in [0.25, 0.3) is 0 Å². The van der Waals surface area contributed by atoms with E-state index in [1.807, 2.05) is 19.1 Å². The van der Waals surface area contributed by atoms with Gasteiger partial charge in [0, 0.05) is 32.0 Å². The van der Waals surface area contributed by atoms with Crippen LogP contribution in [0.5, 0.6) is 0 Å². The second-order valence-electron chi connectivity index (χ2n) is 4.03. The molecule has 0 radical (unpaired) electrons. The molecule has 0 heterocycles. The van der Waals surface area contributed by atoms with Gasteiger partial charge in [0.05, 0.1) is 0 Å². The monoisotopic (exact) mass is 222 g/mol. The first-order valence-electron chi connectivity index (χ1n) is 5.83. The molecule has 0 saturated heterocycles. The van der Waals surface area contributed by atoms with E-state index in [9.17, 15) is 0 Å². The minimum Gasteiger partial charge on any atom is -0.399 e. The maximum atomic E-state index is 5.64. The molecule has 3 nitrogen and oxygen atoms in total. The molecule has 90 valence electrons. The molecule has 0 aliphatic rings. The third kappa shape index (κ3) is 5.14. The van der Waals surface area contributed by atoms with E-state index in [2.05, 4.69) is 24.1 Å². The van der Waals surface area contributed by atoms with Gasteiger partial charge in [0.15, 0.2) is 0 Å². The lowest BCUT2D eigenvalue weighted by molar-refractivity contribution is 0.135. The van der Waals surface area contributed by atoms with Crippen LogP contribution in [-0.2, 0) is 11.3 Å². The predicted molar refractivity (Wildman–Crippen MR) is 68.3 cm³/mol. The minimum absolute atomic E-state index is 0.807. The van der Waals surface area contributed by atoms with Crippen LogP contribution in [0, 0.1) is 0 Å². The zero-order valence-electron chi connectivity index (χ0n) is 10.3. The van der Waals surface area contributed by atoms with Gasteiger partial charge in [-0.15, -0.1) is 0 Å². The van der Waals surface area contributed by atoms with E-state index < -0.39 is 0 Å². The fraction of sp³-hybridized carbons (Fsp3) is 0.538. The Labute approximate surface area is 98.2 Å². The van der Waals surface area contributed by atoms with E-state index in [4.69, 9.17) is 10.5 Å². The summed E-state index contributed by atoms with van der Waals surface area (Å²) in [6.45, 7) is 5.71. The molecule has 0 bridgehead atoms. The summed E-state index contributed by atoms with van der Waals surface area (Å²) in [5.74, 6) is 0. The van der Waals surface area contributed by atoms with Crippen LogP contribution in [0.1, 0.15) is 18.9 Å². The van der Waals surface area contributed by atoms with Crippen LogP contribution in [0.15, 0.2) is 24.3 Å². The van der Waals surface area contributed by atoms with Crippen molar-refractivity contribution in [2.75, 3.05) is 32.5 Å². The number of benzene rings is 1. The fourth-order valence-electron chi connectivity index (χ4n) is 1.59. The fourth-order valence-corrected chi connectivity index (χ4v) is 1.59. The van der Waals surface area contributed by atoms with Crippen molar-refractivity contribution < 1.29 is 4.74 Å². The molecule has 16 heavy (non-hydrogen) atoms. The van der Waals surface area contributed by atoms with E-state index in [-0.39, 0.29) is 0 Å². The number of nitrogen functional groups attached to an aromatic ring is 1. The van der Waals surface area contributed by atoms with Crippen molar-refractivity contribution in [3.63, 3.8) is 0 Å². The summed E-state index contributed by atoms with van der Waals surface area (Å²) < 4.78 is 5.31. The summed E-state index contributed by atoms with van der Waals surface area (Å²) in [7, 11) is 2.13. The zero-order chi connectivity index (χ0) is 11.8. The third-order valence-corrected chi connectivity index (χ3v) is 2.46. The van der Waals surface area contributed by atoms with Gasteiger partial charge in [-0.3, -0.25) is 0 Å². The third-order valence-electron chi connectivity index (χ3n) is 2.46. The average molecular weight is 222 g/mol. The number of nitrogens with zero attached hydrogens (tertiary/aromatic N) is 1. The van der Waals surface area contributed by atoms with Crippen molar-refractivity contribution in [2.24, 2.45) is 0 Å². The topological polar surface area (TPSA) is 38.5 Å². The Morgan fingerprint density at radius 1 is 1.25 bits per heavy atom. The van der Waals surface area contributed by atoms with Gasteiger partial charge in [-0.1, -0.05) is 12.1 Å². The standard InChI is InChI=1S/C13H22N2O/c1-3-16-10-4-9-15(2)11-12-5-7-13(14)8-6-12/h5-8H,3-4,9-11,14H2,1-2H3. The lowest BCUT2D eigenvalue weighted by Gasteiger charge is -2.16. The second kappa shape index (κ2) is 7.25. The normalized spacial score (nSPS) is 10.9. The van der Waals surface area contributed by atoms with E-state index in [1.54, 1.807) is 0 Å². The van der Waals surface area contributed by atoms with Crippen molar-refractivity contribution in [1.82, 2.24) is 4.90 Å². The molecule has 0 unspecified atom stereocenters. The van der Waals surface area contributed by atoms with Gasteiger partial charge in [-0.25, -0.2) is 0 Å². The molecule has 0 amide bonds. The van der Waals surface area contributed by atoms with Crippen LogP contribution in [-0.4, -0.2) is 31.7 Å². The quantitative estimate of drug-likeness (QED) is 0.567. The second-order valence-corrected chi connectivity index (χ2v) is 4.03. The maximum absolute atomic E-state index is 5.64. The molecular formula is C13H22N2O. The van der Waals surface area contributed by atoms with Crippen LogP contribution in [0.3, 0.4) is 0 Å². The molecule has 1 aromatic rings. The highest BCUT2D eigenvalue weighted by molar-refractivity contribution is 5.39. The van der Waals surface area contributed by atoms with Gasteiger partial charge in [-0.05, 0) is 38.1 Å². The largest absolute Gasteiger partial charge is 0.399 e. The number of anilines is 1. The summed E-state index contributed by atoms with van der Waals surface area (Å²) in [6, 6.07) is 8.05. The molecule has 0 aliphatic carbocycles. The van der Waals surface area contributed by atoms with Crippen LogP contribution in [0.2, 0.25) is 0 Å². The first kappa shape index (κ1) is 13.0. The Kier molecular flexibility index (Phi) is 5.90. The smallest absolute Gasteiger partial charge is 0.0478 e. The summed E-state index contributed by atoms with van der Waals surface area (Å²) >= 11 is 0. The first-order valence-corrected chi connectivity index (χ1v) is 5.83. The Morgan fingerprint density at radius 2 is 1.94 bits per heavy atom. The lowest BCUT2D eigenvalue weighted by atomic mass is 10.2. The van der Waals surface area contributed by atoms with Crippen molar-refractivity contribution in [3.8, 4) is 0 Å². The summed E-state index contributed by atoms with van der Waals surface area (Å²) in [5, 5.41) is 0. The highest BCUT2D eigenvalue weighted by atomic mass is 16.5. The molecule has 0 saturated carbocycles. The maximum Gasteiger partial charge on any atom is 0.0478 e. The molecule has 0 atom stereocenters. The highest BCUT2D eigenvalue weighted by Crippen LogP contribution is 2.07. The van der Waals surface area contributed by atoms with Crippen molar-refractivity contribution in [2.45, 2.75) is 19.9 Å². The summed E-state index contributed by atoms with van der Waals surface area (Å²) in [4.78, 5) is 2.30. The van der Waals surface area contributed by atoms with E-state index in [1.165, 1.54) is 5.56 Å². The minimum atomic E-state index is 0.807. The lowest BCUT2D eigenvalue weighted by Crippen LogP contribution is -2.20. The van der Waals surface area contributed by atoms with Gasteiger partial charge in [0.2, 0.25) is 0 Å². The summed E-state index contributed by atoms with van der Waals surface area (Å²) in [5.41, 5.74) is 7.76. The van der Waals surface area contributed by atoms with Gasteiger partial charge < -0.3 is 15.4 Å². The van der Waals surface area contributed by atoms with Gasteiger partial charge in [-0.2, -0.15) is 0 Å². The van der Waals surface area contributed by atoms with E-state index >= 15 is 0 Å². The molecule has 3 heteroatoms. The number of hydrogen-bond acceptors (Lipinski definition) is 3. The molecule has 1 aromatic carbocycles. The molecule has 0 fully saturated rings. The van der Waals surface area contributed by atoms with Crippen LogP contribution in [0.4, 0.5) is 5.69 Å². The Morgan fingerprint density at radius 3 is 2.56 bits per heavy atom. The average Bonchev–Trinajstić information content (AvgIpc) is 2.28. The van der Waals surface area contributed by atoms with Gasteiger partial charge >= 0.3 is 0 Å². The SMILES string of the molecule is CCOCCCN(C)Cc1ccc(N)cc1. The molecule has 0 aliphatic heterocycles. The number of ether oxygens (including phenoxy) is 1. The zero-order valence-corrected chi connectivity index (χ0v) is 10.3. The van der Waals surface area contributed by atoms with E-state index in [0.29, 0.717) is 0 Å². The summed E-state index contributed by atoms with van der Waals surface area (Å²) in [6.07, 6.45) is 1.08. The van der Waals surface area contributed by atoms with Crippen molar-refractivity contribution >= 4 is 5.69 Å². The number of hydrogen-bond donors (Lipinski definition) is 1. The van der Waals surface area contributed by atoms with Crippen molar-refractivity contribution in [3.05, 3.63) is 29.8 Å². The van der Waals surface area contributed by atoms with Gasteiger partial charge in [0.25, 0.3) is 0 Å². The predicted octanol–water partition coefficient (Wildman–Crippen LogP) is 2.13. The van der Waals surface area contributed by atoms with Gasteiger partial charge in [0.1, 0.15) is 0 Å². The Hall–Kier alpha value is -1.06. The molecule has 0 spiro atoms. The molecule has 1 rings (SSSR count). The Balaban J connectivity index is 2.23. The first-order chi connectivity index (χ1) is 7.72. The number of rotatable bonds is 7. The number of nitrogens with two attached hydrogens (primary N) is 1. The molecule has 0 aromatic heterocycles. The molecular weight excluding hydrogens is 200 g/mol.